The topological polar surface area (TPSA) is 63.7 Å². The first kappa shape index (κ1) is 16.2. The van der Waals surface area contributed by atoms with Crippen LogP contribution in [-0.4, -0.2) is 34.7 Å². The minimum Gasteiger partial charge on any atom is -0.464 e. The highest BCUT2D eigenvalue weighted by molar-refractivity contribution is 8.18. The maximum Gasteiger partial charge on any atom is 0.329 e. The van der Waals surface area contributed by atoms with E-state index in [-0.39, 0.29) is 11.5 Å². The van der Waals surface area contributed by atoms with Crippen LogP contribution in [0.2, 0.25) is 0 Å². The molecule has 0 spiro atoms. The highest BCUT2D eigenvalue weighted by atomic mass is 32.2. The van der Waals surface area contributed by atoms with Crippen LogP contribution in [0, 0.1) is 5.82 Å². The second-order valence-electron chi connectivity index (χ2n) is 4.53. The van der Waals surface area contributed by atoms with Crippen LogP contribution in [0.4, 0.5) is 9.18 Å². The summed E-state index contributed by atoms with van der Waals surface area (Å²) in [5.41, 5.74) is 0.467. The van der Waals surface area contributed by atoms with E-state index < -0.39 is 29.0 Å². The number of imide groups is 1. The van der Waals surface area contributed by atoms with Gasteiger partial charge in [-0.05, 0) is 49.4 Å². The summed E-state index contributed by atoms with van der Waals surface area (Å²) in [5, 5.41) is -0.548. The lowest BCUT2D eigenvalue weighted by atomic mass is 10.2. The van der Waals surface area contributed by atoms with Gasteiger partial charge in [0.1, 0.15) is 11.9 Å². The van der Waals surface area contributed by atoms with Gasteiger partial charge in [0.05, 0.1) is 11.5 Å². The number of benzene rings is 1. The van der Waals surface area contributed by atoms with E-state index in [0.29, 0.717) is 17.3 Å². The van der Waals surface area contributed by atoms with Crippen molar-refractivity contribution in [2.75, 3.05) is 6.61 Å². The third-order valence-corrected chi connectivity index (χ3v) is 3.87. The first-order valence-electron chi connectivity index (χ1n) is 6.63. The molecule has 2 rings (SSSR count). The van der Waals surface area contributed by atoms with Crippen molar-refractivity contribution in [2.24, 2.45) is 0 Å². The van der Waals surface area contributed by atoms with Gasteiger partial charge in [-0.2, -0.15) is 0 Å². The molecule has 2 amide bonds. The first-order chi connectivity index (χ1) is 10.4. The molecule has 0 radical (unpaired) electrons. The maximum absolute atomic E-state index is 13.2. The number of carbonyl (C=O) groups excluding carboxylic acids is 3. The fourth-order valence-corrected chi connectivity index (χ4v) is 2.84. The number of carbonyl (C=O) groups is 3. The Morgan fingerprint density at radius 3 is 2.82 bits per heavy atom. The molecule has 0 unspecified atom stereocenters. The molecule has 1 aliphatic rings. The Morgan fingerprint density at radius 1 is 1.45 bits per heavy atom. The molecule has 1 heterocycles. The van der Waals surface area contributed by atoms with Gasteiger partial charge in [0, 0.05) is 0 Å². The van der Waals surface area contributed by atoms with E-state index >= 15 is 0 Å². The standard InChI is InChI=1S/C15H14FNO4S/c1-3-21-14(19)9(2)17-13(18)12(22-15(17)20)8-10-5-4-6-11(16)7-10/h4-9H,3H2,1-2H3/b12-8+/t9-/m0/s1. The maximum atomic E-state index is 13.2. The number of amides is 2. The van der Waals surface area contributed by atoms with E-state index in [9.17, 15) is 18.8 Å². The van der Waals surface area contributed by atoms with Crippen LogP contribution in [-0.2, 0) is 14.3 Å². The van der Waals surface area contributed by atoms with E-state index in [2.05, 4.69) is 0 Å². The Labute approximate surface area is 131 Å². The number of esters is 1. The summed E-state index contributed by atoms with van der Waals surface area (Å²) in [5.74, 6) is -1.66. The lowest BCUT2D eigenvalue weighted by molar-refractivity contribution is -0.150. The quantitative estimate of drug-likeness (QED) is 0.630. The van der Waals surface area contributed by atoms with Gasteiger partial charge in [0.2, 0.25) is 0 Å². The molecule has 7 heteroatoms. The van der Waals surface area contributed by atoms with Gasteiger partial charge in [0.15, 0.2) is 0 Å². The van der Waals surface area contributed by atoms with Crippen molar-refractivity contribution in [3.05, 3.63) is 40.6 Å². The molecule has 0 saturated carbocycles. The minimum atomic E-state index is -0.995. The molecule has 0 bridgehead atoms. The van der Waals surface area contributed by atoms with Gasteiger partial charge in [-0.3, -0.25) is 14.5 Å². The average Bonchev–Trinajstić information content (AvgIpc) is 2.73. The number of ether oxygens (including phenoxy) is 1. The lowest BCUT2D eigenvalue weighted by Gasteiger charge is -2.19. The number of thioether (sulfide) groups is 1. The van der Waals surface area contributed by atoms with Gasteiger partial charge in [-0.15, -0.1) is 0 Å². The molecule has 0 aliphatic carbocycles. The molecule has 1 aliphatic heterocycles. The van der Waals surface area contributed by atoms with Crippen LogP contribution in [0.1, 0.15) is 19.4 Å². The van der Waals surface area contributed by atoms with Crippen molar-refractivity contribution in [1.82, 2.24) is 4.90 Å². The molecular weight excluding hydrogens is 309 g/mol. The third kappa shape index (κ3) is 3.36. The number of halogens is 1. The smallest absolute Gasteiger partial charge is 0.329 e. The summed E-state index contributed by atoms with van der Waals surface area (Å²) in [7, 11) is 0. The molecule has 1 saturated heterocycles. The number of hydrogen-bond donors (Lipinski definition) is 0. The summed E-state index contributed by atoms with van der Waals surface area (Å²) in [4.78, 5) is 36.9. The first-order valence-corrected chi connectivity index (χ1v) is 7.45. The summed E-state index contributed by atoms with van der Waals surface area (Å²) in [6.07, 6.45) is 1.42. The fourth-order valence-electron chi connectivity index (χ4n) is 1.93. The average molecular weight is 323 g/mol. The van der Waals surface area contributed by atoms with Gasteiger partial charge in [-0.1, -0.05) is 12.1 Å². The van der Waals surface area contributed by atoms with Crippen LogP contribution in [0.15, 0.2) is 29.2 Å². The monoisotopic (exact) mass is 323 g/mol. The molecule has 22 heavy (non-hydrogen) atoms. The van der Waals surface area contributed by atoms with Crippen molar-refractivity contribution >= 4 is 35.0 Å². The number of hydrogen-bond acceptors (Lipinski definition) is 5. The summed E-state index contributed by atoms with van der Waals surface area (Å²) in [6, 6.07) is 4.67. The van der Waals surface area contributed by atoms with Gasteiger partial charge in [-0.25, -0.2) is 9.18 Å². The zero-order chi connectivity index (χ0) is 16.3. The predicted molar refractivity (Wildman–Crippen MR) is 80.3 cm³/mol. The van der Waals surface area contributed by atoms with Crippen molar-refractivity contribution in [3.8, 4) is 0 Å². The zero-order valence-electron chi connectivity index (χ0n) is 12.0. The van der Waals surface area contributed by atoms with E-state index in [0.717, 1.165) is 4.90 Å². The third-order valence-electron chi connectivity index (χ3n) is 2.98. The Balaban J connectivity index is 2.23. The zero-order valence-corrected chi connectivity index (χ0v) is 12.9. The summed E-state index contributed by atoms with van der Waals surface area (Å²) >= 11 is 0.715. The van der Waals surface area contributed by atoms with E-state index in [4.69, 9.17) is 4.74 Å². The predicted octanol–water partition coefficient (Wildman–Crippen LogP) is 2.81. The van der Waals surface area contributed by atoms with E-state index in [1.807, 2.05) is 0 Å². The number of nitrogens with zero attached hydrogens (tertiary/aromatic N) is 1. The van der Waals surface area contributed by atoms with Crippen LogP contribution in [0.25, 0.3) is 6.08 Å². The molecule has 1 atom stereocenters. The fraction of sp³-hybridized carbons (Fsp3) is 0.267. The van der Waals surface area contributed by atoms with Crippen molar-refractivity contribution < 1.29 is 23.5 Å². The highest BCUT2D eigenvalue weighted by Crippen LogP contribution is 2.33. The summed E-state index contributed by atoms with van der Waals surface area (Å²) < 4.78 is 18.0. The molecule has 116 valence electrons. The molecule has 0 N–H and O–H groups in total. The molecule has 1 aromatic rings. The molecule has 5 nitrogen and oxygen atoms in total. The minimum absolute atomic E-state index is 0.145. The van der Waals surface area contributed by atoms with E-state index in [1.165, 1.54) is 31.2 Å². The van der Waals surface area contributed by atoms with Crippen LogP contribution in [0.3, 0.4) is 0 Å². The van der Waals surface area contributed by atoms with Crippen molar-refractivity contribution in [3.63, 3.8) is 0 Å². The van der Waals surface area contributed by atoms with Crippen LogP contribution in [0.5, 0.6) is 0 Å². The summed E-state index contributed by atoms with van der Waals surface area (Å²) in [6.45, 7) is 3.24. The van der Waals surface area contributed by atoms with Gasteiger partial charge in [0.25, 0.3) is 11.1 Å². The molecular formula is C15H14FNO4S. The van der Waals surface area contributed by atoms with Crippen molar-refractivity contribution in [1.29, 1.82) is 0 Å². The SMILES string of the molecule is CCOC(=O)[C@H](C)N1C(=O)S/C(=C/c2cccc(F)c2)C1=O. The van der Waals surface area contributed by atoms with Crippen LogP contribution < -0.4 is 0 Å². The molecule has 1 fully saturated rings. The largest absolute Gasteiger partial charge is 0.464 e. The lowest BCUT2D eigenvalue weighted by Crippen LogP contribution is -2.42. The van der Waals surface area contributed by atoms with Crippen LogP contribution >= 0.6 is 11.8 Å². The Morgan fingerprint density at radius 2 is 2.18 bits per heavy atom. The van der Waals surface area contributed by atoms with Gasteiger partial charge < -0.3 is 4.74 Å². The Hall–Kier alpha value is -2.15. The second kappa shape index (κ2) is 6.74. The Bertz CT molecular complexity index is 659. The van der Waals surface area contributed by atoms with Crippen molar-refractivity contribution in [2.45, 2.75) is 19.9 Å². The van der Waals surface area contributed by atoms with Gasteiger partial charge >= 0.3 is 5.97 Å². The second-order valence-corrected chi connectivity index (χ2v) is 5.53. The number of rotatable bonds is 4. The Kier molecular flexibility index (Phi) is 4.97. The highest BCUT2D eigenvalue weighted by Gasteiger charge is 2.41. The normalized spacial score (nSPS) is 18.0. The molecule has 1 aromatic carbocycles. The molecule has 0 aromatic heterocycles. The van der Waals surface area contributed by atoms with E-state index in [1.54, 1.807) is 13.0 Å².